The van der Waals surface area contributed by atoms with E-state index in [-0.39, 0.29) is 17.7 Å². The van der Waals surface area contributed by atoms with Crippen LogP contribution in [-0.2, 0) is 9.59 Å². The Bertz CT molecular complexity index is 425. The van der Waals surface area contributed by atoms with Crippen LogP contribution in [-0.4, -0.2) is 16.8 Å². The predicted octanol–water partition coefficient (Wildman–Crippen LogP) is 1.68. The van der Waals surface area contributed by atoms with Crippen molar-refractivity contribution in [3.63, 3.8) is 0 Å². The van der Waals surface area contributed by atoms with Gasteiger partial charge in [0.2, 0.25) is 11.8 Å². The first-order valence-electron chi connectivity index (χ1n) is 5.39. The summed E-state index contributed by atoms with van der Waals surface area (Å²) in [6.07, 6.45) is 2.72. The molecule has 1 aliphatic heterocycles. The third-order valence-corrected chi connectivity index (χ3v) is 2.81. The number of anilines is 1. The van der Waals surface area contributed by atoms with E-state index < -0.39 is 0 Å². The predicted molar refractivity (Wildman–Crippen MR) is 59.9 cm³/mol. The summed E-state index contributed by atoms with van der Waals surface area (Å²) in [4.78, 5) is 28.9. The fourth-order valence-electron chi connectivity index (χ4n) is 1.75. The highest BCUT2D eigenvalue weighted by Crippen LogP contribution is 2.23. The van der Waals surface area contributed by atoms with Gasteiger partial charge in [-0.15, -0.1) is 0 Å². The van der Waals surface area contributed by atoms with Crippen LogP contribution >= 0.6 is 0 Å². The van der Waals surface area contributed by atoms with Crippen molar-refractivity contribution in [2.24, 2.45) is 5.92 Å². The highest BCUT2D eigenvalue weighted by atomic mass is 16.2. The van der Waals surface area contributed by atoms with E-state index in [4.69, 9.17) is 0 Å². The summed E-state index contributed by atoms with van der Waals surface area (Å²) in [7, 11) is 0. The smallest absolute Gasteiger partial charge is 0.237 e. The molecule has 1 saturated heterocycles. The zero-order chi connectivity index (χ0) is 11.7. The topological polar surface area (TPSA) is 50.3 Å². The molecule has 4 heteroatoms. The van der Waals surface area contributed by atoms with E-state index in [0.717, 1.165) is 5.56 Å². The van der Waals surface area contributed by atoms with Crippen LogP contribution in [0.1, 0.15) is 25.3 Å². The molecule has 1 aromatic heterocycles. The number of aryl methyl sites for hydroxylation is 1. The molecule has 0 saturated carbocycles. The fourth-order valence-corrected chi connectivity index (χ4v) is 1.75. The summed E-state index contributed by atoms with van der Waals surface area (Å²) >= 11 is 0. The number of rotatable bonds is 1. The van der Waals surface area contributed by atoms with Gasteiger partial charge in [-0.05, 0) is 25.0 Å². The van der Waals surface area contributed by atoms with Crippen LogP contribution in [0.5, 0.6) is 0 Å². The van der Waals surface area contributed by atoms with Crippen molar-refractivity contribution >= 4 is 17.6 Å². The van der Waals surface area contributed by atoms with Gasteiger partial charge in [-0.2, -0.15) is 0 Å². The lowest BCUT2D eigenvalue weighted by Gasteiger charge is -2.27. The minimum atomic E-state index is -0.153. The average Bonchev–Trinajstić information content (AvgIpc) is 2.27. The van der Waals surface area contributed by atoms with Crippen molar-refractivity contribution < 1.29 is 9.59 Å². The van der Waals surface area contributed by atoms with Crippen LogP contribution < -0.4 is 4.90 Å². The van der Waals surface area contributed by atoms with Gasteiger partial charge in [-0.3, -0.25) is 9.59 Å². The standard InChI is InChI=1S/C12H14N2O2/c1-8-3-5-10(13-7-8)14-11(15)6-4-9(2)12(14)16/h3,5,7,9H,4,6H2,1-2H3. The third kappa shape index (κ3) is 1.83. The number of hydrogen-bond acceptors (Lipinski definition) is 3. The zero-order valence-corrected chi connectivity index (χ0v) is 9.43. The molecule has 16 heavy (non-hydrogen) atoms. The van der Waals surface area contributed by atoms with Crippen molar-refractivity contribution in [3.05, 3.63) is 23.9 Å². The number of aromatic nitrogens is 1. The second kappa shape index (κ2) is 4.04. The number of hydrogen-bond donors (Lipinski definition) is 0. The minimum absolute atomic E-state index is 0.0965. The Labute approximate surface area is 94.3 Å². The average molecular weight is 218 g/mol. The van der Waals surface area contributed by atoms with Crippen molar-refractivity contribution in [1.82, 2.24) is 4.98 Å². The van der Waals surface area contributed by atoms with Crippen molar-refractivity contribution in [3.8, 4) is 0 Å². The largest absolute Gasteiger partial charge is 0.274 e. The highest BCUT2D eigenvalue weighted by Gasteiger charge is 2.33. The Morgan fingerprint density at radius 2 is 2.12 bits per heavy atom. The summed E-state index contributed by atoms with van der Waals surface area (Å²) in [6, 6.07) is 3.56. The molecular formula is C12H14N2O2. The molecule has 1 unspecified atom stereocenters. The van der Waals surface area contributed by atoms with E-state index in [1.807, 2.05) is 19.9 Å². The first-order chi connectivity index (χ1) is 7.59. The van der Waals surface area contributed by atoms with Gasteiger partial charge in [0.25, 0.3) is 0 Å². The number of carbonyl (C=O) groups is 2. The number of carbonyl (C=O) groups excluding carboxylic acids is 2. The first kappa shape index (κ1) is 10.8. The van der Waals surface area contributed by atoms with Crippen LogP contribution in [0.4, 0.5) is 5.82 Å². The monoisotopic (exact) mass is 218 g/mol. The maximum absolute atomic E-state index is 11.9. The van der Waals surface area contributed by atoms with Gasteiger partial charge in [0.1, 0.15) is 5.82 Å². The second-order valence-electron chi connectivity index (χ2n) is 4.20. The van der Waals surface area contributed by atoms with E-state index >= 15 is 0 Å². The van der Waals surface area contributed by atoms with Crippen LogP contribution in [0.15, 0.2) is 18.3 Å². The molecule has 2 rings (SSSR count). The molecule has 0 aromatic carbocycles. The quantitative estimate of drug-likeness (QED) is 0.674. The SMILES string of the molecule is Cc1ccc(N2C(=O)CCC(C)C2=O)nc1. The lowest BCUT2D eigenvalue weighted by Crippen LogP contribution is -2.44. The second-order valence-corrected chi connectivity index (χ2v) is 4.20. The summed E-state index contributed by atoms with van der Waals surface area (Å²) in [5.41, 5.74) is 1.01. The normalized spacial score (nSPS) is 21.4. The summed E-state index contributed by atoms with van der Waals surface area (Å²) in [5.74, 6) is 0.0417. The van der Waals surface area contributed by atoms with Crippen molar-refractivity contribution in [2.75, 3.05) is 4.90 Å². The van der Waals surface area contributed by atoms with Gasteiger partial charge in [-0.25, -0.2) is 9.88 Å². The maximum Gasteiger partial charge on any atom is 0.237 e. The zero-order valence-electron chi connectivity index (χ0n) is 9.43. The lowest BCUT2D eigenvalue weighted by molar-refractivity contribution is -0.131. The third-order valence-electron chi connectivity index (χ3n) is 2.81. The van der Waals surface area contributed by atoms with Crippen LogP contribution in [0, 0.1) is 12.8 Å². The Kier molecular flexibility index (Phi) is 2.73. The minimum Gasteiger partial charge on any atom is -0.274 e. The molecular weight excluding hydrogens is 204 g/mol. The van der Waals surface area contributed by atoms with E-state index in [1.165, 1.54) is 4.90 Å². The Balaban J connectivity index is 2.34. The van der Waals surface area contributed by atoms with E-state index in [2.05, 4.69) is 4.98 Å². The molecule has 2 heterocycles. The number of pyridine rings is 1. The molecule has 1 atom stereocenters. The van der Waals surface area contributed by atoms with Gasteiger partial charge >= 0.3 is 0 Å². The maximum atomic E-state index is 11.9. The molecule has 1 aliphatic rings. The Morgan fingerprint density at radius 1 is 1.38 bits per heavy atom. The van der Waals surface area contributed by atoms with Crippen LogP contribution in [0.3, 0.4) is 0 Å². The molecule has 0 spiro atoms. The lowest BCUT2D eigenvalue weighted by atomic mass is 9.98. The summed E-state index contributed by atoms with van der Waals surface area (Å²) in [5, 5.41) is 0. The van der Waals surface area contributed by atoms with Crippen LogP contribution in [0.2, 0.25) is 0 Å². The molecule has 0 N–H and O–H groups in total. The van der Waals surface area contributed by atoms with Gasteiger partial charge in [0.05, 0.1) is 0 Å². The summed E-state index contributed by atoms with van der Waals surface area (Å²) in [6.45, 7) is 3.76. The van der Waals surface area contributed by atoms with Crippen molar-refractivity contribution in [2.45, 2.75) is 26.7 Å². The number of piperidine rings is 1. The molecule has 84 valence electrons. The number of amides is 2. The van der Waals surface area contributed by atoms with Crippen molar-refractivity contribution in [1.29, 1.82) is 0 Å². The molecule has 1 fully saturated rings. The van der Waals surface area contributed by atoms with Gasteiger partial charge in [-0.1, -0.05) is 13.0 Å². The number of imide groups is 1. The van der Waals surface area contributed by atoms with E-state index in [9.17, 15) is 9.59 Å². The van der Waals surface area contributed by atoms with Gasteiger partial charge < -0.3 is 0 Å². The summed E-state index contributed by atoms with van der Waals surface area (Å²) < 4.78 is 0. The van der Waals surface area contributed by atoms with Gasteiger partial charge in [0, 0.05) is 18.5 Å². The first-order valence-corrected chi connectivity index (χ1v) is 5.39. The molecule has 0 aliphatic carbocycles. The Hall–Kier alpha value is -1.71. The van der Waals surface area contributed by atoms with E-state index in [0.29, 0.717) is 18.7 Å². The number of nitrogens with zero attached hydrogens (tertiary/aromatic N) is 2. The molecule has 2 amide bonds. The molecule has 1 aromatic rings. The Morgan fingerprint density at radius 3 is 2.75 bits per heavy atom. The fraction of sp³-hybridized carbons (Fsp3) is 0.417. The van der Waals surface area contributed by atoms with E-state index in [1.54, 1.807) is 12.3 Å². The highest BCUT2D eigenvalue weighted by molar-refractivity contribution is 6.16. The molecule has 0 bridgehead atoms. The van der Waals surface area contributed by atoms with Gasteiger partial charge in [0.15, 0.2) is 0 Å². The molecule has 0 radical (unpaired) electrons. The van der Waals surface area contributed by atoms with Crippen LogP contribution in [0.25, 0.3) is 0 Å². The molecule has 4 nitrogen and oxygen atoms in total.